The van der Waals surface area contributed by atoms with Crippen LogP contribution in [0.15, 0.2) is 54.6 Å². The van der Waals surface area contributed by atoms with Crippen molar-refractivity contribution in [3.05, 3.63) is 70.5 Å². The summed E-state index contributed by atoms with van der Waals surface area (Å²) >= 11 is 12.6. The summed E-state index contributed by atoms with van der Waals surface area (Å²) in [5.41, 5.74) is 2.70. The zero-order valence-electron chi connectivity index (χ0n) is 19.4. The Bertz CT molecular complexity index is 1370. The Balaban J connectivity index is 2.02. The summed E-state index contributed by atoms with van der Waals surface area (Å²) in [5, 5.41) is 13.3. The van der Waals surface area contributed by atoms with Crippen molar-refractivity contribution in [1.29, 1.82) is 0 Å². The van der Waals surface area contributed by atoms with Crippen molar-refractivity contribution in [3.63, 3.8) is 0 Å². The highest BCUT2D eigenvalue weighted by atomic mass is 35.5. The number of anilines is 1. The number of hydrogen-bond donors (Lipinski definition) is 2. The van der Waals surface area contributed by atoms with Gasteiger partial charge in [-0.25, -0.2) is 23.7 Å². The van der Waals surface area contributed by atoms with Gasteiger partial charge in [-0.1, -0.05) is 74.3 Å². The Kier molecular flexibility index (Phi) is 6.95. The molecule has 2 aromatic heterocycles. The first-order valence-electron chi connectivity index (χ1n) is 11.0. The first-order valence-corrected chi connectivity index (χ1v) is 11.7. The number of nitrogens with one attached hydrogen (secondary N) is 1. The molecule has 2 N–H and O–H groups in total. The van der Waals surface area contributed by atoms with Gasteiger partial charge in [-0.15, -0.1) is 0 Å². The molecule has 0 radical (unpaired) electrons. The van der Waals surface area contributed by atoms with Gasteiger partial charge in [-0.2, -0.15) is 0 Å². The van der Waals surface area contributed by atoms with Gasteiger partial charge in [0.15, 0.2) is 5.65 Å². The second kappa shape index (κ2) is 9.64. The van der Waals surface area contributed by atoms with Crippen LogP contribution in [0.25, 0.3) is 33.4 Å². The van der Waals surface area contributed by atoms with Gasteiger partial charge in [0.1, 0.15) is 18.2 Å². The van der Waals surface area contributed by atoms with E-state index in [1.807, 2.05) is 57.2 Å². The summed E-state index contributed by atoms with van der Waals surface area (Å²) in [4.78, 5) is 14.1. The third-order valence-corrected chi connectivity index (χ3v) is 5.97. The molecule has 5 nitrogen and oxygen atoms in total. The zero-order chi connectivity index (χ0) is 25.4. The highest BCUT2D eigenvalue weighted by Crippen LogP contribution is 2.38. The van der Waals surface area contributed by atoms with E-state index in [2.05, 4.69) is 15.3 Å². The Labute approximate surface area is 212 Å². The van der Waals surface area contributed by atoms with E-state index >= 15 is 0 Å². The van der Waals surface area contributed by atoms with Crippen LogP contribution in [-0.4, -0.2) is 39.1 Å². The quantitative estimate of drug-likeness (QED) is 0.288. The van der Waals surface area contributed by atoms with E-state index in [0.717, 1.165) is 5.56 Å². The third-order valence-electron chi connectivity index (χ3n) is 5.39. The second-order valence-electron chi connectivity index (χ2n) is 9.26. The van der Waals surface area contributed by atoms with Crippen LogP contribution in [0.2, 0.25) is 10.0 Å². The minimum Gasteiger partial charge on any atom is -0.390 e. The lowest BCUT2D eigenvalue weighted by Crippen LogP contribution is -2.31. The van der Waals surface area contributed by atoms with Crippen LogP contribution in [0.5, 0.6) is 0 Å². The number of hydrogen-bond acceptors (Lipinski definition) is 5. The molecule has 182 valence electrons. The molecule has 0 atom stereocenters. The molecule has 2 heterocycles. The Morgan fingerprint density at radius 3 is 2.23 bits per heavy atom. The van der Waals surface area contributed by atoms with E-state index in [9.17, 15) is 8.78 Å². The van der Waals surface area contributed by atoms with Crippen LogP contribution in [0.1, 0.15) is 26.6 Å². The summed E-state index contributed by atoms with van der Waals surface area (Å²) in [6.07, 6.45) is 0. The molecule has 0 aliphatic carbocycles. The predicted octanol–water partition coefficient (Wildman–Crippen LogP) is 7.00. The van der Waals surface area contributed by atoms with Crippen molar-refractivity contribution in [2.75, 3.05) is 18.5 Å². The second-order valence-corrected chi connectivity index (χ2v) is 10.1. The van der Waals surface area contributed by atoms with Gasteiger partial charge >= 0.3 is 0 Å². The van der Waals surface area contributed by atoms with Gasteiger partial charge in [-0.05, 0) is 29.8 Å². The van der Waals surface area contributed by atoms with E-state index < -0.39 is 24.5 Å². The molecule has 9 heteroatoms. The molecule has 0 spiro atoms. The fourth-order valence-electron chi connectivity index (χ4n) is 3.50. The number of fused-ring (bicyclic) bond motifs is 1. The molecule has 4 aromatic rings. The summed E-state index contributed by atoms with van der Waals surface area (Å²) in [7, 11) is 0. The molecule has 0 bridgehead atoms. The number of alkyl halides is 2. The normalized spacial score (nSPS) is 12.2. The number of aliphatic hydroxyl groups excluding tert-OH is 1. The average Bonchev–Trinajstić information content (AvgIpc) is 2.82. The minimum absolute atomic E-state index is 0.210. The lowest BCUT2D eigenvalue weighted by atomic mass is 9.95. The zero-order valence-corrected chi connectivity index (χ0v) is 20.9. The van der Waals surface area contributed by atoms with Crippen LogP contribution in [0.3, 0.4) is 0 Å². The van der Waals surface area contributed by atoms with Crippen molar-refractivity contribution >= 4 is 40.1 Å². The van der Waals surface area contributed by atoms with Gasteiger partial charge in [0.2, 0.25) is 0 Å². The molecule has 0 saturated heterocycles. The summed E-state index contributed by atoms with van der Waals surface area (Å²) in [6, 6.07) is 16.4. The smallest absolute Gasteiger partial charge is 0.287 e. The fourth-order valence-corrected chi connectivity index (χ4v) is 3.85. The van der Waals surface area contributed by atoms with Crippen LogP contribution in [0, 0.1) is 0 Å². The maximum atomic E-state index is 13.9. The first-order chi connectivity index (χ1) is 16.5. The van der Waals surface area contributed by atoms with E-state index in [-0.39, 0.29) is 5.82 Å². The number of halogens is 4. The van der Waals surface area contributed by atoms with Crippen molar-refractivity contribution in [2.24, 2.45) is 0 Å². The molecule has 0 fully saturated rings. The topological polar surface area (TPSA) is 70.9 Å². The lowest BCUT2D eigenvalue weighted by molar-refractivity contribution is -0.0373. The van der Waals surface area contributed by atoms with Crippen LogP contribution in [0.4, 0.5) is 14.6 Å². The third kappa shape index (κ3) is 5.53. The molecule has 0 amide bonds. The summed E-state index contributed by atoms with van der Waals surface area (Å²) < 4.78 is 27.8. The van der Waals surface area contributed by atoms with Gasteiger partial charge < -0.3 is 10.4 Å². The van der Waals surface area contributed by atoms with E-state index in [1.54, 1.807) is 18.2 Å². The van der Waals surface area contributed by atoms with Gasteiger partial charge in [0.25, 0.3) is 5.92 Å². The van der Waals surface area contributed by atoms with Crippen molar-refractivity contribution in [2.45, 2.75) is 32.1 Å². The fraction of sp³-hybridized carbons (Fsp3) is 0.269. The number of nitrogens with zero attached hydrogens (tertiary/aromatic N) is 3. The first kappa shape index (κ1) is 25.2. The molecule has 0 unspecified atom stereocenters. The minimum atomic E-state index is -3.32. The monoisotopic (exact) mass is 516 g/mol. The van der Waals surface area contributed by atoms with E-state index in [1.165, 1.54) is 0 Å². The van der Waals surface area contributed by atoms with Gasteiger partial charge in [0.05, 0.1) is 17.6 Å². The van der Waals surface area contributed by atoms with Crippen LogP contribution in [-0.2, 0) is 5.41 Å². The standard InChI is InChI=1S/C26H24Cl2F2N4O/c1-25(2,3)24-33-22(31-13-26(29,30)14-35)19-12-18(15-8-10-16(27)11-9-15)21(32-23(19)34-24)17-6-4-5-7-20(17)28/h4-12,35H,13-14H2,1-3H3,(H,31,32,33,34). The molecular formula is C26H24Cl2F2N4O. The number of pyridine rings is 1. The molecule has 4 rings (SSSR count). The van der Waals surface area contributed by atoms with Crippen LogP contribution >= 0.6 is 23.2 Å². The van der Waals surface area contributed by atoms with Crippen molar-refractivity contribution in [1.82, 2.24) is 15.0 Å². The van der Waals surface area contributed by atoms with Gasteiger partial charge in [0, 0.05) is 26.6 Å². The van der Waals surface area contributed by atoms with Crippen LogP contribution < -0.4 is 5.32 Å². The molecule has 0 saturated carbocycles. The Morgan fingerprint density at radius 2 is 1.60 bits per heavy atom. The van der Waals surface area contributed by atoms with Gasteiger partial charge in [-0.3, -0.25) is 0 Å². The molecule has 2 aromatic carbocycles. The Morgan fingerprint density at radius 1 is 0.914 bits per heavy atom. The highest BCUT2D eigenvalue weighted by molar-refractivity contribution is 6.33. The highest BCUT2D eigenvalue weighted by Gasteiger charge is 2.29. The average molecular weight is 517 g/mol. The number of aromatic nitrogens is 3. The maximum absolute atomic E-state index is 13.9. The van der Waals surface area contributed by atoms with Crippen molar-refractivity contribution < 1.29 is 13.9 Å². The maximum Gasteiger partial charge on any atom is 0.287 e. The SMILES string of the molecule is CC(C)(C)c1nc(NCC(F)(F)CO)c2cc(-c3ccc(Cl)cc3)c(-c3ccccc3Cl)nc2n1. The number of benzene rings is 2. The van der Waals surface area contributed by atoms with E-state index in [0.29, 0.717) is 43.7 Å². The summed E-state index contributed by atoms with van der Waals surface area (Å²) in [6.45, 7) is 3.72. The molecule has 0 aliphatic rings. The predicted molar refractivity (Wildman–Crippen MR) is 137 cm³/mol. The summed E-state index contributed by atoms with van der Waals surface area (Å²) in [5.74, 6) is -2.67. The largest absolute Gasteiger partial charge is 0.390 e. The number of rotatable bonds is 6. The lowest BCUT2D eigenvalue weighted by Gasteiger charge is -2.21. The molecule has 0 aliphatic heterocycles. The van der Waals surface area contributed by atoms with E-state index in [4.69, 9.17) is 33.3 Å². The Hall–Kier alpha value is -2.87. The number of aliphatic hydroxyl groups is 1. The van der Waals surface area contributed by atoms with Crippen molar-refractivity contribution in [3.8, 4) is 22.4 Å². The molecule has 35 heavy (non-hydrogen) atoms. The molecular weight excluding hydrogens is 493 g/mol.